The van der Waals surface area contributed by atoms with Crippen molar-refractivity contribution in [1.29, 1.82) is 0 Å². The van der Waals surface area contributed by atoms with Crippen LogP contribution in [0.1, 0.15) is 12.8 Å². The fraction of sp³-hybridized carbons (Fsp3) is 0.400. The van der Waals surface area contributed by atoms with Crippen LogP contribution in [0.4, 0.5) is 5.82 Å². The average Bonchev–Trinajstić information content (AvgIpc) is 2.47. The Morgan fingerprint density at radius 3 is 2.79 bits per heavy atom. The second-order valence-electron chi connectivity index (χ2n) is 5.05. The van der Waals surface area contributed by atoms with Gasteiger partial charge < -0.3 is 15.4 Å². The number of methoxy groups -OCH3 is 1. The largest absolute Gasteiger partial charge is 0.497 e. The molecular formula is C15H19N3O. The maximum Gasteiger partial charge on any atom is 0.136 e. The molecule has 2 aromatic rings. The van der Waals surface area contributed by atoms with Gasteiger partial charge in [0.15, 0.2) is 0 Å². The molecule has 1 fully saturated rings. The number of ether oxygens (including phenoxy) is 1. The second-order valence-corrected chi connectivity index (χ2v) is 5.05. The molecule has 0 radical (unpaired) electrons. The minimum Gasteiger partial charge on any atom is -0.497 e. The van der Waals surface area contributed by atoms with Gasteiger partial charge in [0, 0.05) is 30.7 Å². The van der Waals surface area contributed by atoms with Crippen molar-refractivity contribution < 1.29 is 4.74 Å². The Morgan fingerprint density at radius 2 is 2.05 bits per heavy atom. The zero-order chi connectivity index (χ0) is 13.2. The number of pyridine rings is 1. The molecule has 2 N–H and O–H groups in total. The van der Waals surface area contributed by atoms with Crippen molar-refractivity contribution in [3.63, 3.8) is 0 Å². The summed E-state index contributed by atoms with van der Waals surface area (Å²) < 4.78 is 5.27. The molecule has 1 aromatic carbocycles. The minimum atomic E-state index is 0.339. The maximum absolute atomic E-state index is 5.96. The summed E-state index contributed by atoms with van der Waals surface area (Å²) in [4.78, 5) is 6.89. The Balaban J connectivity index is 1.99. The van der Waals surface area contributed by atoms with Crippen LogP contribution in [0.15, 0.2) is 30.5 Å². The van der Waals surface area contributed by atoms with E-state index in [0.29, 0.717) is 6.04 Å². The third-order valence-electron chi connectivity index (χ3n) is 3.79. The predicted molar refractivity (Wildman–Crippen MR) is 77.7 cm³/mol. The summed E-state index contributed by atoms with van der Waals surface area (Å²) in [6.07, 6.45) is 3.94. The van der Waals surface area contributed by atoms with Crippen molar-refractivity contribution in [2.24, 2.45) is 5.73 Å². The van der Waals surface area contributed by atoms with E-state index >= 15 is 0 Å². The van der Waals surface area contributed by atoms with Crippen molar-refractivity contribution in [3.05, 3.63) is 30.5 Å². The summed E-state index contributed by atoms with van der Waals surface area (Å²) in [6, 6.07) is 8.49. The average molecular weight is 257 g/mol. The number of anilines is 1. The van der Waals surface area contributed by atoms with Crippen LogP contribution in [0.3, 0.4) is 0 Å². The summed E-state index contributed by atoms with van der Waals surface area (Å²) in [5.41, 5.74) is 5.96. The Hall–Kier alpha value is -1.81. The molecule has 0 unspecified atom stereocenters. The standard InChI is InChI=1S/C15H19N3O/c1-19-13-2-3-14-11(10-13)4-7-17-15(14)18-8-5-12(16)6-9-18/h2-4,7,10,12H,5-6,8-9,16H2,1H3. The van der Waals surface area contributed by atoms with Gasteiger partial charge in [-0.05, 0) is 42.5 Å². The van der Waals surface area contributed by atoms with Crippen LogP contribution in [0.2, 0.25) is 0 Å². The zero-order valence-electron chi connectivity index (χ0n) is 11.2. The number of hydrogen-bond acceptors (Lipinski definition) is 4. The van der Waals surface area contributed by atoms with Gasteiger partial charge in [0.2, 0.25) is 0 Å². The van der Waals surface area contributed by atoms with Gasteiger partial charge in [-0.1, -0.05) is 0 Å². The fourth-order valence-corrected chi connectivity index (χ4v) is 2.63. The van der Waals surface area contributed by atoms with Gasteiger partial charge in [-0.25, -0.2) is 4.98 Å². The lowest BCUT2D eigenvalue weighted by Gasteiger charge is -2.31. The molecule has 0 aliphatic carbocycles. The SMILES string of the molecule is COc1ccc2c(N3CCC(N)CC3)nccc2c1. The molecule has 0 spiro atoms. The molecule has 1 aliphatic rings. The van der Waals surface area contributed by atoms with E-state index in [0.717, 1.165) is 37.5 Å². The van der Waals surface area contributed by atoms with Crippen LogP contribution in [-0.4, -0.2) is 31.2 Å². The molecule has 4 heteroatoms. The number of nitrogens with two attached hydrogens (primary N) is 1. The highest BCUT2D eigenvalue weighted by atomic mass is 16.5. The lowest BCUT2D eigenvalue weighted by atomic mass is 10.0. The number of fused-ring (bicyclic) bond motifs is 1. The number of nitrogens with zero attached hydrogens (tertiary/aromatic N) is 2. The van der Waals surface area contributed by atoms with E-state index in [-0.39, 0.29) is 0 Å². The van der Waals surface area contributed by atoms with E-state index in [1.54, 1.807) is 7.11 Å². The molecule has 19 heavy (non-hydrogen) atoms. The number of piperidine rings is 1. The normalized spacial score (nSPS) is 16.8. The van der Waals surface area contributed by atoms with Gasteiger partial charge in [-0.3, -0.25) is 0 Å². The van der Waals surface area contributed by atoms with E-state index in [9.17, 15) is 0 Å². The first-order valence-corrected chi connectivity index (χ1v) is 6.71. The van der Waals surface area contributed by atoms with Gasteiger partial charge >= 0.3 is 0 Å². The lowest BCUT2D eigenvalue weighted by Crippen LogP contribution is -2.40. The van der Waals surface area contributed by atoms with Gasteiger partial charge in [0.1, 0.15) is 11.6 Å². The molecule has 2 heterocycles. The zero-order valence-corrected chi connectivity index (χ0v) is 11.2. The van der Waals surface area contributed by atoms with Gasteiger partial charge in [-0.15, -0.1) is 0 Å². The molecule has 100 valence electrons. The van der Waals surface area contributed by atoms with E-state index in [4.69, 9.17) is 10.5 Å². The van der Waals surface area contributed by atoms with Crippen LogP contribution >= 0.6 is 0 Å². The topological polar surface area (TPSA) is 51.4 Å². The first-order valence-electron chi connectivity index (χ1n) is 6.71. The molecule has 0 bridgehead atoms. The van der Waals surface area contributed by atoms with Crippen molar-refractivity contribution >= 4 is 16.6 Å². The Kier molecular flexibility index (Phi) is 3.25. The van der Waals surface area contributed by atoms with Crippen molar-refractivity contribution in [3.8, 4) is 5.75 Å². The molecule has 1 saturated heterocycles. The Labute approximate surface area is 113 Å². The third-order valence-corrected chi connectivity index (χ3v) is 3.79. The highest BCUT2D eigenvalue weighted by Gasteiger charge is 2.18. The number of hydrogen-bond donors (Lipinski definition) is 1. The quantitative estimate of drug-likeness (QED) is 0.896. The smallest absolute Gasteiger partial charge is 0.136 e. The van der Waals surface area contributed by atoms with Crippen LogP contribution in [0.25, 0.3) is 10.8 Å². The molecule has 0 saturated carbocycles. The molecular weight excluding hydrogens is 238 g/mol. The summed E-state index contributed by atoms with van der Waals surface area (Å²) >= 11 is 0. The summed E-state index contributed by atoms with van der Waals surface area (Å²) in [6.45, 7) is 1.97. The predicted octanol–water partition coefficient (Wildman–Crippen LogP) is 2.17. The van der Waals surface area contributed by atoms with Crippen molar-refractivity contribution in [2.75, 3.05) is 25.1 Å². The number of benzene rings is 1. The van der Waals surface area contributed by atoms with Gasteiger partial charge in [-0.2, -0.15) is 0 Å². The van der Waals surface area contributed by atoms with E-state index < -0.39 is 0 Å². The summed E-state index contributed by atoms with van der Waals surface area (Å²) in [5, 5.41) is 2.35. The number of aromatic nitrogens is 1. The van der Waals surface area contributed by atoms with Crippen molar-refractivity contribution in [1.82, 2.24) is 4.98 Å². The van der Waals surface area contributed by atoms with E-state index in [1.165, 1.54) is 10.8 Å². The highest BCUT2D eigenvalue weighted by Crippen LogP contribution is 2.29. The minimum absolute atomic E-state index is 0.339. The van der Waals surface area contributed by atoms with Crippen LogP contribution < -0.4 is 15.4 Å². The van der Waals surface area contributed by atoms with Crippen LogP contribution in [0, 0.1) is 0 Å². The highest BCUT2D eigenvalue weighted by molar-refractivity contribution is 5.93. The van der Waals surface area contributed by atoms with Gasteiger partial charge in [0.05, 0.1) is 7.11 Å². The molecule has 0 amide bonds. The molecule has 1 aromatic heterocycles. The summed E-state index contributed by atoms with van der Waals surface area (Å²) in [5.74, 6) is 1.94. The maximum atomic E-state index is 5.96. The second kappa shape index (κ2) is 5.05. The summed E-state index contributed by atoms with van der Waals surface area (Å²) in [7, 11) is 1.69. The monoisotopic (exact) mass is 257 g/mol. The Bertz CT molecular complexity index is 577. The first-order chi connectivity index (χ1) is 9.28. The lowest BCUT2D eigenvalue weighted by molar-refractivity contribution is 0.415. The molecule has 4 nitrogen and oxygen atoms in total. The fourth-order valence-electron chi connectivity index (χ4n) is 2.63. The third kappa shape index (κ3) is 2.36. The number of rotatable bonds is 2. The molecule has 3 rings (SSSR count). The Morgan fingerprint density at radius 1 is 1.26 bits per heavy atom. The van der Waals surface area contributed by atoms with E-state index in [1.807, 2.05) is 18.3 Å². The van der Waals surface area contributed by atoms with Crippen LogP contribution in [0.5, 0.6) is 5.75 Å². The molecule has 1 aliphatic heterocycles. The van der Waals surface area contributed by atoms with E-state index in [2.05, 4.69) is 22.0 Å². The molecule has 0 atom stereocenters. The van der Waals surface area contributed by atoms with Crippen molar-refractivity contribution in [2.45, 2.75) is 18.9 Å². The first kappa shape index (κ1) is 12.2. The van der Waals surface area contributed by atoms with Gasteiger partial charge in [0.25, 0.3) is 0 Å². The van der Waals surface area contributed by atoms with Crippen LogP contribution in [-0.2, 0) is 0 Å².